The number of hydrogen-bond donors (Lipinski definition) is 3. The van der Waals surface area contributed by atoms with Crippen molar-refractivity contribution in [3.8, 4) is 0 Å². The molecule has 0 aliphatic rings. The van der Waals surface area contributed by atoms with Gasteiger partial charge in [-0.25, -0.2) is 5.14 Å². The molecule has 9 heteroatoms. The van der Waals surface area contributed by atoms with E-state index in [9.17, 15) is 0 Å². The van der Waals surface area contributed by atoms with E-state index in [2.05, 4.69) is 5.14 Å². The second kappa shape index (κ2) is 13.0. The van der Waals surface area contributed by atoms with Gasteiger partial charge < -0.3 is 7.96 Å². The van der Waals surface area contributed by atoms with Gasteiger partial charge in [0.05, 0.1) is 0 Å². The fourth-order valence-electron chi connectivity index (χ4n) is 0. The second-order valence-electron chi connectivity index (χ2n) is 0.620. The van der Waals surface area contributed by atoms with Crippen LogP contribution in [-0.2, 0) is 15.1 Å². The summed E-state index contributed by atoms with van der Waals surface area (Å²) in [6, 6.07) is 0. The summed E-state index contributed by atoms with van der Waals surface area (Å²) in [6.45, 7) is -0.250. The van der Waals surface area contributed by atoms with Crippen LogP contribution >= 0.6 is 0 Å². The molecule has 4 N–H and O–H groups in total. The maximum Gasteiger partial charge on any atom is 1.00 e. The molecular formula is CH7NNa2O5S. The molecule has 0 saturated heterocycles. The molecule has 54 valence electrons. The molecule has 0 radical (unpaired) electrons. The van der Waals surface area contributed by atoms with Gasteiger partial charge in [0.1, 0.15) is 0 Å². The quantitative estimate of drug-likeness (QED) is 0.200. The first-order valence-corrected chi connectivity index (χ1v) is 2.75. The summed E-state index contributed by atoms with van der Waals surface area (Å²) < 4.78 is 25.2. The van der Waals surface area contributed by atoms with E-state index in [-0.39, 0.29) is 68.4 Å². The third-order valence-corrected chi connectivity index (χ3v) is 0. The van der Waals surface area contributed by atoms with Crippen LogP contribution in [0.4, 0.5) is 0 Å². The maximum absolute atomic E-state index is 8.97. The largest absolute Gasteiger partial charge is 1.00 e. The van der Waals surface area contributed by atoms with Crippen LogP contribution in [0, 0.1) is 0 Å². The molecular weight excluding hydrogens is 184 g/mol. The monoisotopic (exact) mass is 191 g/mol. The second-order valence-corrected chi connectivity index (χ2v) is 1.65. The van der Waals surface area contributed by atoms with Crippen molar-refractivity contribution in [2.24, 2.45) is 5.14 Å². The van der Waals surface area contributed by atoms with E-state index in [0.717, 1.165) is 0 Å². The van der Waals surface area contributed by atoms with Crippen LogP contribution in [0.3, 0.4) is 0 Å². The number of hydrogen-bond acceptors (Lipinski definition) is 3. The zero-order valence-corrected chi connectivity index (χ0v) is 10.5. The molecule has 0 aromatic carbocycles. The van der Waals surface area contributed by atoms with Crippen LogP contribution in [-0.4, -0.2) is 24.5 Å². The Balaban J connectivity index is -0.0000000119. The Morgan fingerprint density at radius 3 is 1.40 bits per heavy atom. The number of carboxylic acid groups (broad SMARTS) is 1. The predicted molar refractivity (Wildman–Crippen MR) is 26.7 cm³/mol. The van der Waals surface area contributed by atoms with Gasteiger partial charge >= 0.3 is 69.4 Å². The summed E-state index contributed by atoms with van der Waals surface area (Å²) in [7, 11) is -4.17. The number of carbonyl (C=O) groups is 1. The molecule has 0 heterocycles. The van der Waals surface area contributed by atoms with Crippen molar-refractivity contribution in [1.82, 2.24) is 0 Å². The molecule has 0 aliphatic heterocycles. The molecule has 0 bridgehead atoms. The van der Waals surface area contributed by atoms with E-state index in [4.69, 9.17) is 22.9 Å². The SMILES string of the molecule is NS(=O)(=O)O.O=CO.[H-].[H-].[Na+].[Na+]. The number of rotatable bonds is 0. The maximum atomic E-state index is 8.97. The molecule has 0 fully saturated rings. The van der Waals surface area contributed by atoms with Crippen molar-refractivity contribution >= 4 is 16.8 Å². The first kappa shape index (κ1) is 22.5. The van der Waals surface area contributed by atoms with Gasteiger partial charge in [-0.15, -0.1) is 0 Å². The van der Waals surface area contributed by atoms with Crippen molar-refractivity contribution in [3.05, 3.63) is 0 Å². The van der Waals surface area contributed by atoms with Crippen LogP contribution in [0.15, 0.2) is 0 Å². The van der Waals surface area contributed by atoms with Gasteiger partial charge in [-0.2, -0.15) is 8.42 Å². The molecule has 0 unspecified atom stereocenters. The molecule has 0 amide bonds. The molecule has 0 aliphatic carbocycles. The minimum Gasteiger partial charge on any atom is -1.00 e. The molecule has 0 rings (SSSR count). The summed E-state index contributed by atoms with van der Waals surface area (Å²) >= 11 is 0. The van der Waals surface area contributed by atoms with E-state index >= 15 is 0 Å². The van der Waals surface area contributed by atoms with Crippen molar-refractivity contribution in [1.29, 1.82) is 0 Å². The molecule has 0 spiro atoms. The van der Waals surface area contributed by atoms with Gasteiger partial charge in [0.15, 0.2) is 0 Å². The molecule has 0 saturated carbocycles. The van der Waals surface area contributed by atoms with E-state index in [1.54, 1.807) is 0 Å². The van der Waals surface area contributed by atoms with Crippen molar-refractivity contribution in [2.45, 2.75) is 0 Å². The van der Waals surface area contributed by atoms with Gasteiger partial charge in [-0.1, -0.05) is 0 Å². The number of nitrogens with two attached hydrogens (primary N) is 1. The third kappa shape index (κ3) is 362. The summed E-state index contributed by atoms with van der Waals surface area (Å²) in [6.07, 6.45) is 0. The van der Waals surface area contributed by atoms with Crippen LogP contribution in [0.2, 0.25) is 0 Å². The minimum atomic E-state index is -4.17. The minimum absolute atomic E-state index is 0. The fraction of sp³-hybridized carbons (Fsp3) is 0. The van der Waals surface area contributed by atoms with E-state index in [0.29, 0.717) is 0 Å². The fourth-order valence-corrected chi connectivity index (χ4v) is 0. The predicted octanol–water partition coefficient (Wildman–Crippen LogP) is -7.32. The normalized spacial score (nSPS) is 7.00. The van der Waals surface area contributed by atoms with Gasteiger partial charge in [0.25, 0.3) is 6.47 Å². The zero-order chi connectivity index (χ0) is 7.21. The Kier molecular flexibility index (Phi) is 29.2. The van der Waals surface area contributed by atoms with Crippen LogP contribution < -0.4 is 64.3 Å². The summed E-state index contributed by atoms with van der Waals surface area (Å²) in [5.41, 5.74) is 0. The van der Waals surface area contributed by atoms with E-state index < -0.39 is 10.3 Å². The van der Waals surface area contributed by atoms with Crippen LogP contribution in [0.5, 0.6) is 0 Å². The van der Waals surface area contributed by atoms with Crippen molar-refractivity contribution < 1.29 is 84.8 Å². The Labute approximate surface area is 106 Å². The van der Waals surface area contributed by atoms with Gasteiger partial charge in [-0.05, 0) is 0 Å². The molecule has 0 atom stereocenters. The topological polar surface area (TPSA) is 118 Å². The summed E-state index contributed by atoms with van der Waals surface area (Å²) in [5.74, 6) is 0. The van der Waals surface area contributed by atoms with E-state index in [1.807, 2.05) is 0 Å². The molecule has 10 heavy (non-hydrogen) atoms. The average molecular weight is 191 g/mol. The smallest absolute Gasteiger partial charge is 1.00 e. The Bertz CT molecular complexity index is 142. The van der Waals surface area contributed by atoms with Gasteiger partial charge in [0.2, 0.25) is 0 Å². The Morgan fingerprint density at radius 1 is 1.40 bits per heavy atom. The van der Waals surface area contributed by atoms with Gasteiger partial charge in [-0.3, -0.25) is 9.35 Å². The summed E-state index contributed by atoms with van der Waals surface area (Å²) in [4.78, 5) is 8.36. The Hall–Kier alpha value is 1.34. The van der Waals surface area contributed by atoms with Crippen LogP contribution in [0.1, 0.15) is 2.85 Å². The molecule has 0 aromatic rings. The standard InChI is InChI=1S/CH2O2.H3NO3S.2Na.2H/c2-1-3;1-5(2,3)4;;;;/h1H,(H,2,3);(H3,1,2,3,4);;;;/q;;2*+1;2*-1. The van der Waals surface area contributed by atoms with E-state index in [1.165, 1.54) is 0 Å². The average Bonchev–Trinajstić information content (AvgIpc) is 1.27. The van der Waals surface area contributed by atoms with Crippen molar-refractivity contribution in [2.75, 3.05) is 0 Å². The molecule has 6 nitrogen and oxygen atoms in total. The first-order chi connectivity index (χ1) is 3.41. The Morgan fingerprint density at radius 2 is 1.40 bits per heavy atom. The van der Waals surface area contributed by atoms with Crippen LogP contribution in [0.25, 0.3) is 0 Å². The molecule has 0 aromatic heterocycles. The van der Waals surface area contributed by atoms with Crippen molar-refractivity contribution in [3.63, 3.8) is 0 Å². The first-order valence-electron chi connectivity index (χ1n) is 1.25. The zero-order valence-electron chi connectivity index (χ0n) is 7.68. The third-order valence-electron chi connectivity index (χ3n) is 0. The summed E-state index contributed by atoms with van der Waals surface area (Å²) in [5, 5.41) is 10.8. The van der Waals surface area contributed by atoms with Gasteiger partial charge in [0, 0.05) is 0 Å².